The molecule has 1 fully saturated rings. The van der Waals surface area contributed by atoms with E-state index in [9.17, 15) is 9.59 Å². The lowest BCUT2D eigenvalue weighted by Gasteiger charge is -2.37. The van der Waals surface area contributed by atoms with Crippen LogP contribution in [0.3, 0.4) is 0 Å². The van der Waals surface area contributed by atoms with Crippen molar-refractivity contribution >= 4 is 17.5 Å². The van der Waals surface area contributed by atoms with Crippen molar-refractivity contribution in [1.82, 2.24) is 10.2 Å². The monoisotopic (exact) mass is 333 g/mol. The summed E-state index contributed by atoms with van der Waals surface area (Å²) in [4.78, 5) is 28.4. The zero-order valence-electron chi connectivity index (χ0n) is 14.9. The molecule has 0 unspecified atom stereocenters. The van der Waals surface area contributed by atoms with E-state index < -0.39 is 0 Å². The molecule has 1 heterocycles. The quantitative estimate of drug-likeness (QED) is 0.857. The third kappa shape index (κ3) is 4.26. The van der Waals surface area contributed by atoms with Gasteiger partial charge in [-0.05, 0) is 25.0 Å². The molecule has 1 N–H and O–H groups in total. The third-order valence-corrected chi connectivity index (χ3v) is 4.24. The zero-order valence-corrected chi connectivity index (χ0v) is 14.9. The van der Waals surface area contributed by atoms with Crippen LogP contribution in [0, 0.1) is 5.92 Å². The maximum Gasteiger partial charge on any atom is 0.241 e. The summed E-state index contributed by atoms with van der Waals surface area (Å²) in [6.07, 6.45) is 0. The van der Waals surface area contributed by atoms with Crippen molar-refractivity contribution in [3.63, 3.8) is 0 Å². The number of rotatable bonds is 6. The minimum Gasteiger partial charge on any atom is -0.495 e. The zero-order chi connectivity index (χ0) is 17.7. The van der Waals surface area contributed by atoms with Crippen molar-refractivity contribution in [1.29, 1.82) is 0 Å². The van der Waals surface area contributed by atoms with Crippen molar-refractivity contribution in [2.75, 3.05) is 38.2 Å². The Labute approximate surface area is 143 Å². The van der Waals surface area contributed by atoms with Crippen molar-refractivity contribution in [2.24, 2.45) is 5.92 Å². The van der Waals surface area contributed by atoms with E-state index in [0.29, 0.717) is 31.3 Å². The number of nitrogens with one attached hydrogen (secondary N) is 1. The van der Waals surface area contributed by atoms with Gasteiger partial charge in [-0.2, -0.15) is 0 Å². The van der Waals surface area contributed by atoms with E-state index in [1.165, 1.54) is 0 Å². The van der Waals surface area contributed by atoms with Gasteiger partial charge in [0.25, 0.3) is 0 Å². The lowest BCUT2D eigenvalue weighted by atomic mass is 10.1. The van der Waals surface area contributed by atoms with Gasteiger partial charge in [0, 0.05) is 19.6 Å². The van der Waals surface area contributed by atoms with Gasteiger partial charge in [0.15, 0.2) is 0 Å². The second-order valence-electron chi connectivity index (χ2n) is 6.50. The SMILES string of the molecule is COc1ccccc1N1CCN([C@@H](C)C(=O)NCC(C)C)CC1=O. The van der Waals surface area contributed by atoms with Crippen LogP contribution >= 0.6 is 0 Å². The standard InChI is InChI=1S/C18H27N3O3/c1-13(2)11-19-18(23)14(3)20-9-10-21(17(22)12-20)15-7-5-6-8-16(15)24-4/h5-8,13-14H,9-12H2,1-4H3,(H,19,23)/t14-/m0/s1. The van der Waals surface area contributed by atoms with E-state index in [1.54, 1.807) is 12.0 Å². The first-order valence-corrected chi connectivity index (χ1v) is 8.39. The van der Waals surface area contributed by atoms with E-state index in [4.69, 9.17) is 4.74 Å². The van der Waals surface area contributed by atoms with E-state index in [0.717, 1.165) is 5.69 Å². The normalized spacial score (nSPS) is 17.0. The summed E-state index contributed by atoms with van der Waals surface area (Å²) in [6, 6.07) is 7.18. The lowest BCUT2D eigenvalue weighted by molar-refractivity contribution is -0.129. The van der Waals surface area contributed by atoms with E-state index >= 15 is 0 Å². The van der Waals surface area contributed by atoms with Crippen LogP contribution in [0.15, 0.2) is 24.3 Å². The first-order chi connectivity index (χ1) is 11.4. The Morgan fingerprint density at radius 1 is 1.25 bits per heavy atom. The Morgan fingerprint density at radius 3 is 2.58 bits per heavy atom. The highest BCUT2D eigenvalue weighted by Gasteiger charge is 2.31. The fourth-order valence-electron chi connectivity index (χ4n) is 2.75. The Hall–Kier alpha value is -2.08. The smallest absolute Gasteiger partial charge is 0.241 e. The van der Waals surface area contributed by atoms with Gasteiger partial charge in [-0.1, -0.05) is 26.0 Å². The van der Waals surface area contributed by atoms with Crippen molar-refractivity contribution in [3.8, 4) is 5.75 Å². The first-order valence-electron chi connectivity index (χ1n) is 8.39. The Morgan fingerprint density at radius 2 is 1.96 bits per heavy atom. The van der Waals surface area contributed by atoms with Gasteiger partial charge in [0.05, 0.1) is 25.4 Å². The predicted octanol–water partition coefficient (Wildman–Crippen LogP) is 1.50. The number of amides is 2. The Kier molecular flexibility index (Phi) is 6.20. The summed E-state index contributed by atoms with van der Waals surface area (Å²) in [5.74, 6) is 1.05. The average molecular weight is 333 g/mol. The van der Waals surface area contributed by atoms with Gasteiger partial charge in [-0.3, -0.25) is 14.5 Å². The number of piperazine rings is 1. The molecular formula is C18H27N3O3. The minimum atomic E-state index is -0.312. The highest BCUT2D eigenvalue weighted by Crippen LogP contribution is 2.29. The fourth-order valence-corrected chi connectivity index (χ4v) is 2.75. The molecule has 0 saturated carbocycles. The van der Waals surface area contributed by atoms with Crippen LogP contribution in [0.25, 0.3) is 0 Å². The molecule has 1 aromatic carbocycles. The molecule has 6 heteroatoms. The molecule has 1 aliphatic heterocycles. The van der Waals surface area contributed by atoms with Crippen LogP contribution in [0.4, 0.5) is 5.69 Å². The molecule has 0 aromatic heterocycles. The number of carbonyl (C=O) groups is 2. The molecule has 2 rings (SSSR count). The first kappa shape index (κ1) is 18.3. The molecule has 0 bridgehead atoms. The van der Waals surface area contributed by atoms with Crippen LogP contribution < -0.4 is 15.0 Å². The molecule has 1 aliphatic rings. The number of nitrogens with zero attached hydrogens (tertiary/aromatic N) is 2. The van der Waals surface area contributed by atoms with Gasteiger partial charge in [-0.25, -0.2) is 0 Å². The highest BCUT2D eigenvalue weighted by atomic mass is 16.5. The predicted molar refractivity (Wildman–Crippen MR) is 94.2 cm³/mol. The summed E-state index contributed by atoms with van der Waals surface area (Å²) in [5, 5.41) is 2.93. The largest absolute Gasteiger partial charge is 0.495 e. The number of para-hydroxylation sites is 2. The Bertz CT molecular complexity index is 589. The number of anilines is 1. The highest BCUT2D eigenvalue weighted by molar-refractivity contribution is 5.97. The molecule has 0 aliphatic carbocycles. The van der Waals surface area contributed by atoms with Crippen LogP contribution in [0.1, 0.15) is 20.8 Å². The molecule has 1 atom stereocenters. The molecule has 24 heavy (non-hydrogen) atoms. The summed E-state index contributed by atoms with van der Waals surface area (Å²) in [7, 11) is 1.60. The number of hydrogen-bond donors (Lipinski definition) is 1. The fraction of sp³-hybridized carbons (Fsp3) is 0.556. The van der Waals surface area contributed by atoms with Crippen LogP contribution in [0.2, 0.25) is 0 Å². The number of methoxy groups -OCH3 is 1. The Balaban J connectivity index is 2.00. The molecular weight excluding hydrogens is 306 g/mol. The summed E-state index contributed by atoms with van der Waals surface area (Å²) in [6.45, 7) is 8.04. The summed E-state index contributed by atoms with van der Waals surface area (Å²) < 4.78 is 5.34. The number of hydrogen-bond acceptors (Lipinski definition) is 4. The maximum atomic E-state index is 12.6. The second-order valence-corrected chi connectivity index (χ2v) is 6.50. The van der Waals surface area contributed by atoms with Gasteiger partial charge >= 0.3 is 0 Å². The minimum absolute atomic E-state index is 0.0192. The molecule has 1 aromatic rings. The van der Waals surface area contributed by atoms with E-state index in [1.807, 2.05) is 36.1 Å². The van der Waals surface area contributed by atoms with Gasteiger partial charge in [0.2, 0.25) is 11.8 Å². The van der Waals surface area contributed by atoms with E-state index in [2.05, 4.69) is 19.2 Å². The van der Waals surface area contributed by atoms with Crippen molar-refractivity contribution in [2.45, 2.75) is 26.8 Å². The van der Waals surface area contributed by atoms with Crippen molar-refractivity contribution in [3.05, 3.63) is 24.3 Å². The average Bonchev–Trinajstić information content (AvgIpc) is 2.58. The molecule has 1 saturated heterocycles. The van der Waals surface area contributed by atoms with Gasteiger partial charge in [-0.15, -0.1) is 0 Å². The molecule has 132 valence electrons. The number of carbonyl (C=O) groups excluding carboxylic acids is 2. The maximum absolute atomic E-state index is 12.6. The van der Waals surface area contributed by atoms with Crippen molar-refractivity contribution < 1.29 is 14.3 Å². The summed E-state index contributed by atoms with van der Waals surface area (Å²) >= 11 is 0. The number of ether oxygens (including phenoxy) is 1. The van der Waals surface area contributed by atoms with E-state index in [-0.39, 0.29) is 24.4 Å². The molecule has 0 spiro atoms. The lowest BCUT2D eigenvalue weighted by Crippen LogP contribution is -2.56. The van der Waals surface area contributed by atoms with Gasteiger partial charge in [0.1, 0.15) is 5.75 Å². The summed E-state index contributed by atoms with van der Waals surface area (Å²) in [5.41, 5.74) is 0.779. The number of benzene rings is 1. The van der Waals surface area contributed by atoms with Crippen LogP contribution in [-0.2, 0) is 9.59 Å². The molecule has 0 radical (unpaired) electrons. The van der Waals surface area contributed by atoms with Crippen LogP contribution in [0.5, 0.6) is 5.75 Å². The second kappa shape index (κ2) is 8.15. The third-order valence-electron chi connectivity index (χ3n) is 4.24. The molecule has 2 amide bonds. The topological polar surface area (TPSA) is 61.9 Å². The van der Waals surface area contributed by atoms with Gasteiger partial charge < -0.3 is 15.0 Å². The van der Waals surface area contributed by atoms with Crippen LogP contribution in [-0.4, -0.2) is 56.0 Å². The molecule has 6 nitrogen and oxygen atoms in total.